The van der Waals surface area contributed by atoms with E-state index in [2.05, 4.69) is 25.7 Å². The van der Waals surface area contributed by atoms with Gasteiger partial charge in [0.15, 0.2) is 16.0 Å². The summed E-state index contributed by atoms with van der Waals surface area (Å²) in [6, 6.07) is 1.60. The van der Waals surface area contributed by atoms with Crippen molar-refractivity contribution in [2.24, 2.45) is 0 Å². The molecule has 3 aromatic rings. The fourth-order valence-corrected chi connectivity index (χ4v) is 2.81. The molecule has 0 saturated carbocycles. The number of carbonyl (C=O) groups is 2. The molecular weight excluding hydrogens is 336 g/mol. The summed E-state index contributed by atoms with van der Waals surface area (Å²) >= 11 is 2.69. The van der Waals surface area contributed by atoms with Gasteiger partial charge in [-0.25, -0.2) is 9.97 Å². The molecule has 2 amide bonds. The number of thiazole rings is 2. The number of anilines is 2. The Bertz CT molecular complexity index is 781. The van der Waals surface area contributed by atoms with Crippen LogP contribution in [0.15, 0.2) is 35.4 Å². The van der Waals surface area contributed by atoms with Crippen molar-refractivity contribution in [1.82, 2.24) is 19.7 Å². The monoisotopic (exact) mass is 348 g/mol. The van der Waals surface area contributed by atoms with Crippen molar-refractivity contribution in [3.05, 3.63) is 41.1 Å². The zero-order valence-corrected chi connectivity index (χ0v) is 13.4. The van der Waals surface area contributed by atoms with Crippen molar-refractivity contribution in [2.75, 3.05) is 10.6 Å². The number of hydrogen-bond acceptors (Lipinski definition) is 7. The summed E-state index contributed by atoms with van der Waals surface area (Å²) in [5, 5.41) is 14.1. The van der Waals surface area contributed by atoms with Crippen LogP contribution >= 0.6 is 22.7 Å². The summed E-state index contributed by atoms with van der Waals surface area (Å²) in [6.07, 6.45) is 5.14. The summed E-state index contributed by atoms with van der Waals surface area (Å²) < 4.78 is 1.55. The Kier molecular flexibility index (Phi) is 4.74. The normalized spacial score (nSPS) is 10.4. The molecule has 3 rings (SSSR count). The van der Waals surface area contributed by atoms with E-state index < -0.39 is 0 Å². The minimum absolute atomic E-state index is 0.149. The average Bonchev–Trinajstić information content (AvgIpc) is 3.27. The van der Waals surface area contributed by atoms with Crippen molar-refractivity contribution >= 4 is 44.8 Å². The van der Waals surface area contributed by atoms with Crippen molar-refractivity contribution in [3.63, 3.8) is 0 Å². The Morgan fingerprint density at radius 1 is 1.09 bits per heavy atom. The van der Waals surface area contributed by atoms with Gasteiger partial charge in [-0.3, -0.25) is 19.6 Å². The summed E-state index contributed by atoms with van der Waals surface area (Å²) in [7, 11) is 0. The lowest BCUT2D eigenvalue weighted by Gasteiger charge is -2.02. The molecule has 10 heteroatoms. The number of aryl methyl sites for hydroxylation is 1. The average molecular weight is 348 g/mol. The van der Waals surface area contributed by atoms with Crippen LogP contribution in [0.4, 0.5) is 10.3 Å². The maximum absolute atomic E-state index is 12.0. The summed E-state index contributed by atoms with van der Waals surface area (Å²) in [5.41, 5.74) is 0.278. The molecule has 118 valence electrons. The molecule has 0 saturated heterocycles. The van der Waals surface area contributed by atoms with E-state index in [0.717, 1.165) is 0 Å². The number of hydrogen-bond donors (Lipinski definition) is 2. The van der Waals surface area contributed by atoms with E-state index in [0.29, 0.717) is 16.8 Å². The standard InChI is InChI=1S/C13H12N6O2S2/c20-10(16-12-14-3-7-22-12)2-6-19-5-1-9(18-19)11(21)17-13-15-4-8-23-13/h1,3-5,7-8H,2,6H2,(H,14,16,20)(H,15,17,21). The van der Waals surface area contributed by atoms with E-state index in [9.17, 15) is 9.59 Å². The van der Waals surface area contributed by atoms with Gasteiger partial charge in [0.25, 0.3) is 5.91 Å². The summed E-state index contributed by atoms with van der Waals surface area (Å²) in [5.74, 6) is -0.477. The molecule has 0 aliphatic heterocycles. The summed E-state index contributed by atoms with van der Waals surface area (Å²) in [4.78, 5) is 31.7. The van der Waals surface area contributed by atoms with Gasteiger partial charge in [-0.2, -0.15) is 5.10 Å². The van der Waals surface area contributed by atoms with Crippen LogP contribution < -0.4 is 10.6 Å². The van der Waals surface area contributed by atoms with Crippen LogP contribution in [0.2, 0.25) is 0 Å². The van der Waals surface area contributed by atoms with Crippen molar-refractivity contribution in [2.45, 2.75) is 13.0 Å². The van der Waals surface area contributed by atoms with Gasteiger partial charge >= 0.3 is 0 Å². The quantitative estimate of drug-likeness (QED) is 0.710. The Morgan fingerprint density at radius 2 is 1.78 bits per heavy atom. The molecule has 2 N–H and O–H groups in total. The Morgan fingerprint density at radius 3 is 2.43 bits per heavy atom. The second kappa shape index (κ2) is 7.11. The molecule has 0 radical (unpaired) electrons. The van der Waals surface area contributed by atoms with Crippen molar-refractivity contribution < 1.29 is 9.59 Å². The zero-order valence-electron chi connectivity index (χ0n) is 11.8. The molecule has 0 aromatic carbocycles. The number of rotatable bonds is 6. The predicted molar refractivity (Wildman–Crippen MR) is 87.7 cm³/mol. The number of nitrogens with zero attached hydrogens (tertiary/aromatic N) is 4. The number of carbonyl (C=O) groups excluding carboxylic acids is 2. The maximum atomic E-state index is 12.0. The van der Waals surface area contributed by atoms with Gasteiger partial charge in [-0.05, 0) is 6.07 Å². The molecule has 0 aliphatic rings. The third-order valence-electron chi connectivity index (χ3n) is 2.77. The van der Waals surface area contributed by atoms with Crippen molar-refractivity contribution in [3.8, 4) is 0 Å². The number of aromatic nitrogens is 4. The lowest BCUT2D eigenvalue weighted by Crippen LogP contribution is -2.16. The van der Waals surface area contributed by atoms with Crippen LogP contribution in [0.5, 0.6) is 0 Å². The first kappa shape index (κ1) is 15.3. The first-order chi connectivity index (χ1) is 11.2. The van der Waals surface area contributed by atoms with Crippen LogP contribution in [0.3, 0.4) is 0 Å². The highest BCUT2D eigenvalue weighted by atomic mass is 32.1. The van der Waals surface area contributed by atoms with E-state index in [-0.39, 0.29) is 23.9 Å². The highest BCUT2D eigenvalue weighted by Gasteiger charge is 2.11. The van der Waals surface area contributed by atoms with Gasteiger partial charge in [0.05, 0.1) is 0 Å². The molecule has 0 spiro atoms. The van der Waals surface area contributed by atoms with Crippen LogP contribution in [0.1, 0.15) is 16.9 Å². The first-order valence-electron chi connectivity index (χ1n) is 6.64. The smallest absolute Gasteiger partial charge is 0.277 e. The fraction of sp³-hybridized carbons (Fsp3) is 0.154. The minimum Gasteiger partial charge on any atom is -0.302 e. The minimum atomic E-state index is -0.328. The van der Waals surface area contributed by atoms with Gasteiger partial charge in [-0.1, -0.05) is 0 Å². The van der Waals surface area contributed by atoms with E-state index in [1.165, 1.54) is 22.7 Å². The Labute approximate surface area is 139 Å². The molecular formula is C13H12N6O2S2. The van der Waals surface area contributed by atoms with Crippen LogP contribution in [0.25, 0.3) is 0 Å². The van der Waals surface area contributed by atoms with Crippen LogP contribution in [-0.2, 0) is 11.3 Å². The van der Waals surface area contributed by atoms with E-state index in [1.54, 1.807) is 40.1 Å². The van der Waals surface area contributed by atoms with E-state index in [1.807, 2.05) is 0 Å². The molecule has 3 heterocycles. The second-order valence-electron chi connectivity index (χ2n) is 4.39. The van der Waals surface area contributed by atoms with Gasteiger partial charge in [0.2, 0.25) is 5.91 Å². The largest absolute Gasteiger partial charge is 0.302 e. The van der Waals surface area contributed by atoms with Gasteiger partial charge in [0, 0.05) is 42.3 Å². The lowest BCUT2D eigenvalue weighted by molar-refractivity contribution is -0.116. The number of amides is 2. The molecule has 8 nitrogen and oxygen atoms in total. The molecule has 0 fully saturated rings. The van der Waals surface area contributed by atoms with Crippen molar-refractivity contribution in [1.29, 1.82) is 0 Å². The SMILES string of the molecule is O=C(CCn1ccc(C(=O)Nc2nccs2)n1)Nc1nccs1. The van der Waals surface area contributed by atoms with Crippen LogP contribution in [0, 0.1) is 0 Å². The predicted octanol–water partition coefficient (Wildman–Crippen LogP) is 2.08. The molecule has 3 aromatic heterocycles. The van der Waals surface area contributed by atoms with Crippen LogP contribution in [-0.4, -0.2) is 31.6 Å². The second-order valence-corrected chi connectivity index (χ2v) is 6.18. The first-order valence-corrected chi connectivity index (χ1v) is 8.40. The van der Waals surface area contributed by atoms with E-state index in [4.69, 9.17) is 0 Å². The fourth-order valence-electron chi connectivity index (χ4n) is 1.74. The highest BCUT2D eigenvalue weighted by molar-refractivity contribution is 7.14. The van der Waals surface area contributed by atoms with Gasteiger partial charge in [0.1, 0.15) is 0 Å². The highest BCUT2D eigenvalue weighted by Crippen LogP contribution is 2.12. The topological polar surface area (TPSA) is 102 Å². The maximum Gasteiger partial charge on any atom is 0.277 e. The van der Waals surface area contributed by atoms with Gasteiger partial charge in [-0.15, -0.1) is 22.7 Å². The van der Waals surface area contributed by atoms with E-state index >= 15 is 0 Å². The molecule has 0 bridgehead atoms. The third-order valence-corrected chi connectivity index (χ3v) is 4.15. The lowest BCUT2D eigenvalue weighted by atomic mass is 10.4. The summed E-state index contributed by atoms with van der Waals surface area (Å²) in [6.45, 7) is 0.377. The Hall–Kier alpha value is -2.59. The third kappa shape index (κ3) is 4.20. The molecule has 0 atom stereocenters. The molecule has 0 unspecified atom stereocenters. The van der Waals surface area contributed by atoms with Gasteiger partial charge < -0.3 is 5.32 Å². The zero-order chi connectivity index (χ0) is 16.1. The molecule has 23 heavy (non-hydrogen) atoms. The Balaban J connectivity index is 1.50. The molecule has 0 aliphatic carbocycles. The number of nitrogens with one attached hydrogen (secondary N) is 2.